The van der Waals surface area contributed by atoms with Gasteiger partial charge in [0.25, 0.3) is 0 Å². The standard InChI is InChI=1S/C18H23N3O2S/c22-17(14-8-10-24-13-14)11-19-18(23)20-15-5-4-9-21(12-15)16-6-2-1-3-7-16/h1-3,6-8,10,13,15,17,22H,4-5,9,11-12H2,(H2,19,20,23). The molecular formula is C18H23N3O2S. The number of aliphatic hydroxyl groups is 1. The average Bonchev–Trinajstić information content (AvgIpc) is 3.15. The zero-order chi connectivity index (χ0) is 16.8. The number of urea groups is 1. The maximum absolute atomic E-state index is 12.1. The summed E-state index contributed by atoms with van der Waals surface area (Å²) in [5.41, 5.74) is 2.03. The van der Waals surface area contributed by atoms with E-state index < -0.39 is 6.10 Å². The van der Waals surface area contributed by atoms with Gasteiger partial charge in [0.05, 0.1) is 6.10 Å². The lowest BCUT2D eigenvalue weighted by Gasteiger charge is -2.34. The average molecular weight is 345 g/mol. The van der Waals surface area contributed by atoms with E-state index in [-0.39, 0.29) is 18.6 Å². The van der Waals surface area contributed by atoms with Crippen molar-refractivity contribution in [3.63, 3.8) is 0 Å². The van der Waals surface area contributed by atoms with Gasteiger partial charge in [-0.15, -0.1) is 0 Å². The highest BCUT2D eigenvalue weighted by Gasteiger charge is 2.21. The summed E-state index contributed by atoms with van der Waals surface area (Å²) in [6.07, 6.45) is 1.37. The number of hydrogen-bond acceptors (Lipinski definition) is 4. The first-order valence-corrected chi connectivity index (χ1v) is 9.21. The Balaban J connectivity index is 1.46. The fourth-order valence-corrected chi connectivity index (χ4v) is 3.68. The summed E-state index contributed by atoms with van der Waals surface area (Å²) in [7, 11) is 0. The van der Waals surface area contributed by atoms with Crippen LogP contribution in [-0.2, 0) is 0 Å². The van der Waals surface area contributed by atoms with Crippen LogP contribution in [0.4, 0.5) is 10.5 Å². The van der Waals surface area contributed by atoms with Crippen molar-refractivity contribution in [1.82, 2.24) is 10.6 Å². The van der Waals surface area contributed by atoms with Gasteiger partial charge in [0.2, 0.25) is 0 Å². The van der Waals surface area contributed by atoms with Crippen LogP contribution in [0.15, 0.2) is 47.2 Å². The van der Waals surface area contributed by atoms with E-state index >= 15 is 0 Å². The van der Waals surface area contributed by atoms with Gasteiger partial charge in [0.15, 0.2) is 0 Å². The zero-order valence-electron chi connectivity index (χ0n) is 13.5. The summed E-state index contributed by atoms with van der Waals surface area (Å²) in [5, 5.41) is 19.6. The molecule has 6 heteroatoms. The molecule has 2 amide bonds. The number of nitrogens with zero attached hydrogens (tertiary/aromatic N) is 1. The lowest BCUT2D eigenvalue weighted by Crippen LogP contribution is -2.51. The van der Waals surface area contributed by atoms with Gasteiger partial charge in [-0.1, -0.05) is 18.2 Å². The van der Waals surface area contributed by atoms with Crippen LogP contribution in [0.25, 0.3) is 0 Å². The highest BCUT2D eigenvalue weighted by Crippen LogP contribution is 2.19. The minimum Gasteiger partial charge on any atom is -0.387 e. The molecule has 1 aromatic heterocycles. The fraction of sp³-hybridized carbons (Fsp3) is 0.389. The van der Waals surface area contributed by atoms with Crippen molar-refractivity contribution in [3.8, 4) is 0 Å². The Morgan fingerprint density at radius 3 is 2.92 bits per heavy atom. The van der Waals surface area contributed by atoms with E-state index in [2.05, 4.69) is 27.7 Å². The first kappa shape index (κ1) is 16.8. The first-order valence-electron chi connectivity index (χ1n) is 8.27. The topological polar surface area (TPSA) is 64.6 Å². The summed E-state index contributed by atoms with van der Waals surface area (Å²) in [6.45, 7) is 2.04. The van der Waals surface area contributed by atoms with E-state index in [0.717, 1.165) is 31.5 Å². The number of hydrogen-bond donors (Lipinski definition) is 3. The molecule has 1 saturated heterocycles. The summed E-state index contributed by atoms with van der Waals surface area (Å²) in [4.78, 5) is 14.4. The number of piperidine rings is 1. The van der Waals surface area contributed by atoms with Crippen LogP contribution in [0.2, 0.25) is 0 Å². The second-order valence-corrected chi connectivity index (χ2v) is 6.83. The van der Waals surface area contributed by atoms with Crippen molar-refractivity contribution >= 4 is 23.1 Å². The van der Waals surface area contributed by atoms with Crippen LogP contribution < -0.4 is 15.5 Å². The van der Waals surface area contributed by atoms with Gasteiger partial charge in [0, 0.05) is 31.4 Å². The predicted octanol–water partition coefficient (Wildman–Crippen LogP) is 2.75. The Hall–Kier alpha value is -2.05. The van der Waals surface area contributed by atoms with E-state index in [9.17, 15) is 9.90 Å². The fourth-order valence-electron chi connectivity index (χ4n) is 2.98. The van der Waals surface area contributed by atoms with E-state index in [1.807, 2.05) is 35.0 Å². The molecular weight excluding hydrogens is 322 g/mol. The Bertz CT molecular complexity index is 633. The van der Waals surface area contributed by atoms with Gasteiger partial charge in [0.1, 0.15) is 0 Å². The highest BCUT2D eigenvalue weighted by atomic mass is 32.1. The third-order valence-electron chi connectivity index (χ3n) is 4.26. The van der Waals surface area contributed by atoms with Gasteiger partial charge in [-0.25, -0.2) is 4.79 Å². The molecule has 0 bridgehead atoms. The number of aliphatic hydroxyl groups excluding tert-OH is 1. The van der Waals surface area contributed by atoms with Crippen LogP contribution in [0.3, 0.4) is 0 Å². The molecule has 2 atom stereocenters. The zero-order valence-corrected chi connectivity index (χ0v) is 14.3. The molecule has 1 aliphatic rings. The molecule has 24 heavy (non-hydrogen) atoms. The lowest BCUT2D eigenvalue weighted by molar-refractivity contribution is 0.172. The van der Waals surface area contributed by atoms with Gasteiger partial charge in [-0.3, -0.25) is 0 Å². The quantitative estimate of drug-likeness (QED) is 0.781. The normalized spacial score (nSPS) is 18.9. The second-order valence-electron chi connectivity index (χ2n) is 6.05. The monoisotopic (exact) mass is 345 g/mol. The highest BCUT2D eigenvalue weighted by molar-refractivity contribution is 7.07. The number of benzene rings is 1. The Morgan fingerprint density at radius 2 is 2.17 bits per heavy atom. The van der Waals surface area contributed by atoms with Gasteiger partial charge in [-0.2, -0.15) is 11.3 Å². The van der Waals surface area contributed by atoms with Crippen LogP contribution in [-0.4, -0.2) is 36.8 Å². The number of carbonyl (C=O) groups is 1. The van der Waals surface area contributed by atoms with Gasteiger partial charge >= 0.3 is 6.03 Å². The van der Waals surface area contributed by atoms with Crippen molar-refractivity contribution < 1.29 is 9.90 Å². The minimum atomic E-state index is -0.658. The molecule has 1 aromatic carbocycles. The summed E-state index contributed by atoms with van der Waals surface area (Å²) in [6, 6.07) is 12.0. The third-order valence-corrected chi connectivity index (χ3v) is 4.96. The van der Waals surface area contributed by atoms with Crippen molar-refractivity contribution in [1.29, 1.82) is 0 Å². The third kappa shape index (κ3) is 4.49. The van der Waals surface area contributed by atoms with Crippen molar-refractivity contribution in [2.75, 3.05) is 24.5 Å². The molecule has 3 rings (SSSR count). The van der Waals surface area contributed by atoms with Gasteiger partial charge < -0.3 is 20.6 Å². The lowest BCUT2D eigenvalue weighted by atomic mass is 10.1. The van der Waals surface area contributed by atoms with Crippen LogP contribution in [0, 0.1) is 0 Å². The molecule has 0 spiro atoms. The van der Waals surface area contributed by atoms with Crippen molar-refractivity contribution in [3.05, 3.63) is 52.7 Å². The molecule has 5 nitrogen and oxygen atoms in total. The number of carbonyl (C=O) groups excluding carboxylic acids is 1. The van der Waals surface area contributed by atoms with Crippen LogP contribution in [0.5, 0.6) is 0 Å². The number of amides is 2. The first-order chi connectivity index (χ1) is 11.7. The molecule has 128 valence electrons. The number of para-hydroxylation sites is 1. The molecule has 0 aliphatic carbocycles. The Morgan fingerprint density at radius 1 is 1.33 bits per heavy atom. The van der Waals surface area contributed by atoms with E-state index in [0.29, 0.717) is 0 Å². The molecule has 1 fully saturated rings. The second kappa shape index (κ2) is 8.17. The molecule has 3 N–H and O–H groups in total. The molecule has 0 radical (unpaired) electrons. The number of thiophene rings is 1. The van der Waals surface area contributed by atoms with E-state index in [1.165, 1.54) is 17.0 Å². The van der Waals surface area contributed by atoms with E-state index in [1.54, 1.807) is 0 Å². The molecule has 2 heterocycles. The maximum atomic E-state index is 12.1. The molecule has 0 saturated carbocycles. The number of rotatable bonds is 5. The Labute approximate surface area is 146 Å². The predicted molar refractivity (Wildman–Crippen MR) is 97.5 cm³/mol. The van der Waals surface area contributed by atoms with Crippen LogP contribution in [0.1, 0.15) is 24.5 Å². The number of anilines is 1. The Kier molecular flexibility index (Phi) is 5.72. The van der Waals surface area contributed by atoms with Gasteiger partial charge in [-0.05, 0) is 47.4 Å². The SMILES string of the molecule is O=C(NCC(O)c1ccsc1)NC1CCCN(c2ccccc2)C1. The summed E-state index contributed by atoms with van der Waals surface area (Å²) < 4.78 is 0. The smallest absolute Gasteiger partial charge is 0.315 e. The van der Waals surface area contributed by atoms with Crippen molar-refractivity contribution in [2.45, 2.75) is 25.0 Å². The summed E-state index contributed by atoms with van der Waals surface area (Å²) >= 11 is 1.53. The maximum Gasteiger partial charge on any atom is 0.315 e. The molecule has 2 aromatic rings. The molecule has 2 unspecified atom stereocenters. The molecule has 1 aliphatic heterocycles. The van der Waals surface area contributed by atoms with E-state index in [4.69, 9.17) is 0 Å². The minimum absolute atomic E-state index is 0.122. The number of nitrogens with one attached hydrogen (secondary N) is 2. The summed E-state index contributed by atoms with van der Waals surface area (Å²) in [5.74, 6) is 0. The largest absolute Gasteiger partial charge is 0.387 e. The van der Waals surface area contributed by atoms with Crippen molar-refractivity contribution in [2.24, 2.45) is 0 Å². The van der Waals surface area contributed by atoms with Crippen LogP contribution >= 0.6 is 11.3 Å².